The molecule has 0 saturated heterocycles. The summed E-state index contributed by atoms with van der Waals surface area (Å²) in [5.74, 6) is 0. The van der Waals surface area contributed by atoms with Crippen molar-refractivity contribution in [2.75, 3.05) is 6.54 Å². The number of aryl methyl sites for hydroxylation is 1. The molecule has 1 N–H and O–H groups in total. The highest BCUT2D eigenvalue weighted by Gasteiger charge is 2.12. The molecule has 1 aromatic heterocycles. The lowest BCUT2D eigenvalue weighted by Gasteiger charge is -2.06. The average molecular weight is 355 g/mol. The summed E-state index contributed by atoms with van der Waals surface area (Å²) >= 11 is 3.28. The van der Waals surface area contributed by atoms with E-state index in [1.165, 1.54) is 0 Å². The van der Waals surface area contributed by atoms with E-state index in [1.807, 2.05) is 12.1 Å². The molecule has 0 radical (unpaired) electrons. The quantitative estimate of drug-likeness (QED) is 0.811. The van der Waals surface area contributed by atoms with Crippen molar-refractivity contribution in [3.63, 3.8) is 0 Å². The van der Waals surface area contributed by atoms with Gasteiger partial charge in [0.25, 0.3) is 0 Å². The number of aromatic nitrogens is 1. The van der Waals surface area contributed by atoms with Gasteiger partial charge in [0.05, 0.1) is 4.90 Å². The van der Waals surface area contributed by atoms with Crippen molar-refractivity contribution in [1.29, 1.82) is 0 Å². The molecule has 2 rings (SSSR count). The fourth-order valence-electron chi connectivity index (χ4n) is 1.74. The summed E-state index contributed by atoms with van der Waals surface area (Å²) in [4.78, 5) is 4.30. The van der Waals surface area contributed by atoms with Crippen molar-refractivity contribution in [2.45, 2.75) is 17.7 Å². The van der Waals surface area contributed by atoms with Crippen LogP contribution in [-0.4, -0.2) is 19.9 Å². The molecule has 0 aliphatic heterocycles. The molecule has 0 amide bonds. The van der Waals surface area contributed by atoms with Crippen LogP contribution < -0.4 is 4.72 Å². The Kier molecular flexibility index (Phi) is 5.28. The highest BCUT2D eigenvalue weighted by atomic mass is 79.9. The van der Waals surface area contributed by atoms with Gasteiger partial charge in [0.15, 0.2) is 0 Å². The highest BCUT2D eigenvalue weighted by Crippen LogP contribution is 2.14. The highest BCUT2D eigenvalue weighted by molar-refractivity contribution is 9.10. The maximum atomic E-state index is 12.0. The number of nitrogens with zero attached hydrogens (tertiary/aromatic N) is 1. The zero-order valence-electron chi connectivity index (χ0n) is 10.8. The van der Waals surface area contributed by atoms with Gasteiger partial charge in [0.1, 0.15) is 0 Å². The second kappa shape index (κ2) is 6.97. The normalized spacial score (nSPS) is 11.4. The second-order valence-corrected chi connectivity index (χ2v) is 7.00. The number of pyridine rings is 1. The lowest BCUT2D eigenvalue weighted by atomic mass is 10.2. The van der Waals surface area contributed by atoms with Crippen molar-refractivity contribution in [2.24, 2.45) is 0 Å². The molecule has 0 spiro atoms. The third-order valence-electron chi connectivity index (χ3n) is 2.78. The topological polar surface area (TPSA) is 59.1 Å². The van der Waals surface area contributed by atoms with Crippen molar-refractivity contribution >= 4 is 26.0 Å². The first-order valence-electron chi connectivity index (χ1n) is 6.22. The molecular weight excluding hydrogens is 340 g/mol. The number of sulfonamides is 1. The van der Waals surface area contributed by atoms with Gasteiger partial charge in [-0.15, -0.1) is 0 Å². The monoisotopic (exact) mass is 354 g/mol. The molecule has 1 aromatic carbocycles. The number of halogens is 1. The molecule has 0 fully saturated rings. The number of benzene rings is 1. The van der Waals surface area contributed by atoms with Gasteiger partial charge in [-0.3, -0.25) is 4.98 Å². The van der Waals surface area contributed by atoms with Gasteiger partial charge < -0.3 is 0 Å². The molecule has 0 bridgehead atoms. The number of hydrogen-bond donors (Lipinski definition) is 1. The Hall–Kier alpha value is -1.24. The molecule has 20 heavy (non-hydrogen) atoms. The molecule has 6 heteroatoms. The van der Waals surface area contributed by atoms with Gasteiger partial charge in [0.2, 0.25) is 10.0 Å². The van der Waals surface area contributed by atoms with E-state index in [-0.39, 0.29) is 4.90 Å². The van der Waals surface area contributed by atoms with Crippen LogP contribution in [0.5, 0.6) is 0 Å². The smallest absolute Gasteiger partial charge is 0.240 e. The Bertz CT molecular complexity index is 643. The maximum Gasteiger partial charge on any atom is 0.240 e. The summed E-state index contributed by atoms with van der Waals surface area (Å²) in [6.45, 7) is 0.410. The Morgan fingerprint density at radius 1 is 1.15 bits per heavy atom. The van der Waals surface area contributed by atoms with Crippen molar-refractivity contribution < 1.29 is 8.42 Å². The molecule has 1 heterocycles. The summed E-state index contributed by atoms with van der Waals surface area (Å²) < 4.78 is 27.5. The maximum absolute atomic E-state index is 12.0. The van der Waals surface area contributed by atoms with Gasteiger partial charge >= 0.3 is 0 Å². The van der Waals surface area contributed by atoms with Crippen LogP contribution in [0.4, 0.5) is 0 Å². The lowest BCUT2D eigenvalue weighted by Crippen LogP contribution is -2.25. The standard InChI is InChI=1S/C14H15BrN2O2S/c15-13-5-7-14(8-6-13)20(18,19)17-10-2-4-12-3-1-9-16-11-12/h1,3,5-9,11,17H,2,4,10H2. The molecule has 2 aromatic rings. The number of nitrogens with one attached hydrogen (secondary N) is 1. The first kappa shape index (κ1) is 15.2. The summed E-state index contributed by atoms with van der Waals surface area (Å²) in [5, 5.41) is 0. The van der Waals surface area contributed by atoms with Crippen LogP contribution in [-0.2, 0) is 16.4 Å². The van der Waals surface area contributed by atoms with E-state index in [1.54, 1.807) is 36.7 Å². The largest absolute Gasteiger partial charge is 0.264 e. The van der Waals surface area contributed by atoms with E-state index in [9.17, 15) is 8.42 Å². The van der Waals surface area contributed by atoms with E-state index < -0.39 is 10.0 Å². The van der Waals surface area contributed by atoms with Gasteiger partial charge in [-0.25, -0.2) is 13.1 Å². The molecule has 106 valence electrons. The summed E-state index contributed by atoms with van der Waals surface area (Å²) in [5.41, 5.74) is 1.11. The van der Waals surface area contributed by atoms with Crippen LogP contribution in [0.15, 0.2) is 58.2 Å². The molecule has 0 aliphatic carbocycles. The van der Waals surface area contributed by atoms with Crippen molar-refractivity contribution in [1.82, 2.24) is 9.71 Å². The summed E-state index contributed by atoms with van der Waals surface area (Å²) in [7, 11) is -3.42. The first-order valence-corrected chi connectivity index (χ1v) is 8.50. The minimum Gasteiger partial charge on any atom is -0.264 e. The molecule has 4 nitrogen and oxygen atoms in total. The zero-order valence-corrected chi connectivity index (χ0v) is 13.2. The molecule has 0 saturated carbocycles. The van der Waals surface area contributed by atoms with E-state index in [0.717, 1.165) is 22.9 Å². The third-order valence-corrected chi connectivity index (χ3v) is 4.79. The van der Waals surface area contributed by atoms with Crippen LogP contribution in [0.1, 0.15) is 12.0 Å². The third kappa shape index (κ3) is 4.40. The molecule has 0 unspecified atom stereocenters. The van der Waals surface area contributed by atoms with E-state index >= 15 is 0 Å². The molecule has 0 atom stereocenters. The minimum absolute atomic E-state index is 0.280. The van der Waals surface area contributed by atoms with Crippen LogP contribution in [0, 0.1) is 0 Å². The predicted molar refractivity (Wildman–Crippen MR) is 81.9 cm³/mol. The van der Waals surface area contributed by atoms with Gasteiger partial charge in [-0.05, 0) is 48.7 Å². The Labute approximate surface area is 127 Å². The van der Waals surface area contributed by atoms with Crippen LogP contribution >= 0.6 is 15.9 Å². The zero-order chi connectivity index (χ0) is 14.4. The van der Waals surface area contributed by atoms with Crippen molar-refractivity contribution in [3.05, 3.63) is 58.8 Å². The van der Waals surface area contributed by atoms with E-state index in [0.29, 0.717) is 6.54 Å². The fraction of sp³-hybridized carbons (Fsp3) is 0.214. The summed E-state index contributed by atoms with van der Waals surface area (Å²) in [6, 6.07) is 10.4. The Balaban J connectivity index is 1.85. The Morgan fingerprint density at radius 2 is 1.90 bits per heavy atom. The fourth-order valence-corrected chi connectivity index (χ4v) is 3.08. The molecule has 0 aliphatic rings. The average Bonchev–Trinajstić information content (AvgIpc) is 2.45. The molecular formula is C14H15BrN2O2S. The lowest BCUT2D eigenvalue weighted by molar-refractivity contribution is 0.579. The van der Waals surface area contributed by atoms with Gasteiger partial charge in [-0.2, -0.15) is 0 Å². The SMILES string of the molecule is O=S(=O)(NCCCc1cccnc1)c1ccc(Br)cc1. The van der Waals surface area contributed by atoms with E-state index in [2.05, 4.69) is 25.6 Å². The second-order valence-electron chi connectivity index (χ2n) is 4.32. The van der Waals surface area contributed by atoms with Crippen LogP contribution in [0.25, 0.3) is 0 Å². The van der Waals surface area contributed by atoms with Gasteiger partial charge in [0, 0.05) is 23.4 Å². The van der Waals surface area contributed by atoms with Crippen LogP contribution in [0.3, 0.4) is 0 Å². The Morgan fingerprint density at radius 3 is 2.55 bits per heavy atom. The van der Waals surface area contributed by atoms with Crippen LogP contribution in [0.2, 0.25) is 0 Å². The van der Waals surface area contributed by atoms with E-state index in [4.69, 9.17) is 0 Å². The predicted octanol–water partition coefficient (Wildman–Crippen LogP) is 2.76. The number of hydrogen-bond acceptors (Lipinski definition) is 3. The summed E-state index contributed by atoms with van der Waals surface area (Å²) in [6.07, 6.45) is 5.06. The number of rotatable bonds is 6. The minimum atomic E-state index is -3.42. The van der Waals surface area contributed by atoms with Crippen molar-refractivity contribution in [3.8, 4) is 0 Å². The first-order chi connectivity index (χ1) is 9.58. The van der Waals surface area contributed by atoms with Gasteiger partial charge in [-0.1, -0.05) is 22.0 Å².